The SMILES string of the molecule is CCC(CC)(CN)C(=O)CCc1ccc2c(c1)CCO2. The lowest BCUT2D eigenvalue weighted by Crippen LogP contribution is -2.37. The van der Waals surface area contributed by atoms with Crippen LogP contribution in [0, 0.1) is 5.41 Å². The van der Waals surface area contributed by atoms with Crippen molar-refractivity contribution in [1.82, 2.24) is 0 Å². The molecule has 2 rings (SSSR count). The van der Waals surface area contributed by atoms with E-state index in [-0.39, 0.29) is 5.41 Å². The lowest BCUT2D eigenvalue weighted by atomic mass is 9.76. The van der Waals surface area contributed by atoms with Crippen LogP contribution >= 0.6 is 0 Å². The number of nitrogens with two attached hydrogens (primary N) is 1. The van der Waals surface area contributed by atoms with E-state index in [1.54, 1.807) is 0 Å². The van der Waals surface area contributed by atoms with E-state index in [0.717, 1.165) is 38.0 Å². The highest BCUT2D eigenvalue weighted by molar-refractivity contribution is 5.85. The summed E-state index contributed by atoms with van der Waals surface area (Å²) < 4.78 is 5.50. The lowest BCUT2D eigenvalue weighted by Gasteiger charge is -2.28. The van der Waals surface area contributed by atoms with Gasteiger partial charge in [-0.1, -0.05) is 26.0 Å². The van der Waals surface area contributed by atoms with Crippen LogP contribution in [0.5, 0.6) is 5.75 Å². The summed E-state index contributed by atoms with van der Waals surface area (Å²) in [6, 6.07) is 6.27. The average molecular weight is 275 g/mol. The Morgan fingerprint density at radius 2 is 2.10 bits per heavy atom. The topological polar surface area (TPSA) is 52.3 Å². The van der Waals surface area contributed by atoms with Crippen molar-refractivity contribution >= 4 is 5.78 Å². The molecule has 0 fully saturated rings. The van der Waals surface area contributed by atoms with Crippen molar-refractivity contribution in [2.24, 2.45) is 11.1 Å². The number of hydrogen-bond donors (Lipinski definition) is 1. The quantitative estimate of drug-likeness (QED) is 0.832. The fourth-order valence-corrected chi connectivity index (χ4v) is 2.97. The van der Waals surface area contributed by atoms with Gasteiger partial charge in [-0.05, 0) is 36.5 Å². The summed E-state index contributed by atoms with van der Waals surface area (Å²) in [4.78, 5) is 12.5. The van der Waals surface area contributed by atoms with Gasteiger partial charge in [0, 0.05) is 24.8 Å². The maximum Gasteiger partial charge on any atom is 0.140 e. The van der Waals surface area contributed by atoms with Crippen molar-refractivity contribution in [3.63, 3.8) is 0 Å². The van der Waals surface area contributed by atoms with Gasteiger partial charge in [0.15, 0.2) is 0 Å². The molecule has 0 amide bonds. The molecule has 1 aliphatic rings. The Morgan fingerprint density at radius 1 is 1.35 bits per heavy atom. The minimum atomic E-state index is -0.320. The number of benzene rings is 1. The van der Waals surface area contributed by atoms with Crippen LogP contribution in [0.2, 0.25) is 0 Å². The second-order valence-corrected chi connectivity index (χ2v) is 5.66. The van der Waals surface area contributed by atoms with Gasteiger partial charge < -0.3 is 10.5 Å². The van der Waals surface area contributed by atoms with E-state index in [4.69, 9.17) is 10.5 Å². The van der Waals surface area contributed by atoms with Gasteiger partial charge in [0.05, 0.1) is 6.61 Å². The summed E-state index contributed by atoms with van der Waals surface area (Å²) in [5, 5.41) is 0. The van der Waals surface area contributed by atoms with Crippen molar-refractivity contribution in [2.45, 2.75) is 46.0 Å². The molecule has 0 spiro atoms. The molecule has 0 aromatic heterocycles. The maximum atomic E-state index is 12.5. The summed E-state index contributed by atoms with van der Waals surface area (Å²) in [6.45, 7) is 5.35. The van der Waals surface area contributed by atoms with Gasteiger partial charge in [0.2, 0.25) is 0 Å². The van der Waals surface area contributed by atoms with Gasteiger partial charge in [0.1, 0.15) is 11.5 Å². The fraction of sp³-hybridized carbons (Fsp3) is 0.588. The number of ether oxygens (including phenoxy) is 1. The molecule has 1 heterocycles. The number of carbonyl (C=O) groups excluding carboxylic acids is 1. The van der Waals surface area contributed by atoms with Crippen LogP contribution in [0.1, 0.15) is 44.2 Å². The molecular weight excluding hydrogens is 250 g/mol. The van der Waals surface area contributed by atoms with Crippen LogP contribution in [0.25, 0.3) is 0 Å². The first-order valence-electron chi connectivity index (χ1n) is 7.63. The van der Waals surface area contributed by atoms with Crippen LogP contribution in [-0.2, 0) is 17.6 Å². The number of aryl methyl sites for hydroxylation is 1. The van der Waals surface area contributed by atoms with Crippen molar-refractivity contribution in [3.05, 3.63) is 29.3 Å². The molecule has 20 heavy (non-hydrogen) atoms. The number of rotatable bonds is 7. The number of fused-ring (bicyclic) bond motifs is 1. The smallest absolute Gasteiger partial charge is 0.140 e. The largest absolute Gasteiger partial charge is 0.493 e. The Bertz CT molecular complexity index is 470. The number of hydrogen-bond acceptors (Lipinski definition) is 3. The Kier molecular flexibility index (Phi) is 4.81. The number of ketones is 1. The molecule has 0 unspecified atom stereocenters. The van der Waals surface area contributed by atoms with E-state index >= 15 is 0 Å². The van der Waals surface area contributed by atoms with Crippen molar-refractivity contribution in [3.8, 4) is 5.75 Å². The molecule has 3 nitrogen and oxygen atoms in total. The van der Waals surface area contributed by atoms with Crippen molar-refractivity contribution in [1.29, 1.82) is 0 Å². The van der Waals surface area contributed by atoms with Crippen LogP contribution in [0.15, 0.2) is 18.2 Å². The van der Waals surface area contributed by atoms with E-state index in [1.807, 2.05) is 6.07 Å². The Labute approximate surface area is 121 Å². The zero-order chi connectivity index (χ0) is 14.6. The molecule has 0 bridgehead atoms. The lowest BCUT2D eigenvalue weighted by molar-refractivity contribution is -0.128. The molecule has 0 aliphatic carbocycles. The Morgan fingerprint density at radius 3 is 2.75 bits per heavy atom. The van der Waals surface area contributed by atoms with Gasteiger partial charge in [-0.3, -0.25) is 4.79 Å². The molecule has 1 aromatic carbocycles. The van der Waals surface area contributed by atoms with E-state index in [9.17, 15) is 4.79 Å². The molecule has 0 radical (unpaired) electrons. The van der Waals surface area contributed by atoms with E-state index in [2.05, 4.69) is 26.0 Å². The maximum absolute atomic E-state index is 12.5. The predicted octanol–water partition coefficient (Wildman–Crippen LogP) is 2.89. The van der Waals surface area contributed by atoms with Gasteiger partial charge in [-0.25, -0.2) is 0 Å². The molecule has 110 valence electrons. The third kappa shape index (κ3) is 2.88. The molecule has 0 saturated carbocycles. The zero-order valence-corrected chi connectivity index (χ0v) is 12.6. The van der Waals surface area contributed by atoms with Gasteiger partial charge in [-0.15, -0.1) is 0 Å². The van der Waals surface area contributed by atoms with E-state index in [1.165, 1.54) is 11.1 Å². The third-order valence-corrected chi connectivity index (χ3v) is 4.73. The number of Topliss-reactive ketones (excluding diaryl/α,β-unsaturated/α-hetero) is 1. The molecule has 0 saturated heterocycles. The van der Waals surface area contributed by atoms with Crippen LogP contribution in [-0.4, -0.2) is 18.9 Å². The Balaban J connectivity index is 1.99. The van der Waals surface area contributed by atoms with E-state index < -0.39 is 0 Å². The highest BCUT2D eigenvalue weighted by Gasteiger charge is 2.32. The van der Waals surface area contributed by atoms with Crippen molar-refractivity contribution in [2.75, 3.05) is 13.2 Å². The summed E-state index contributed by atoms with van der Waals surface area (Å²) in [5.74, 6) is 1.31. The van der Waals surface area contributed by atoms with Crippen LogP contribution in [0.4, 0.5) is 0 Å². The molecule has 0 atom stereocenters. The third-order valence-electron chi connectivity index (χ3n) is 4.73. The van der Waals surface area contributed by atoms with Crippen molar-refractivity contribution < 1.29 is 9.53 Å². The first-order chi connectivity index (χ1) is 9.65. The Hall–Kier alpha value is -1.35. The first kappa shape index (κ1) is 15.0. The van der Waals surface area contributed by atoms with Gasteiger partial charge >= 0.3 is 0 Å². The first-order valence-corrected chi connectivity index (χ1v) is 7.63. The highest BCUT2D eigenvalue weighted by atomic mass is 16.5. The monoisotopic (exact) mass is 275 g/mol. The minimum Gasteiger partial charge on any atom is -0.493 e. The highest BCUT2D eigenvalue weighted by Crippen LogP contribution is 2.29. The molecule has 1 aliphatic heterocycles. The number of carbonyl (C=O) groups is 1. The fourth-order valence-electron chi connectivity index (χ4n) is 2.97. The normalized spacial score (nSPS) is 13.9. The van der Waals surface area contributed by atoms with Gasteiger partial charge in [0.25, 0.3) is 0 Å². The second-order valence-electron chi connectivity index (χ2n) is 5.66. The minimum absolute atomic E-state index is 0.307. The van der Waals surface area contributed by atoms with Crippen LogP contribution in [0.3, 0.4) is 0 Å². The summed E-state index contributed by atoms with van der Waals surface area (Å²) in [5.41, 5.74) is 8.01. The second kappa shape index (κ2) is 6.40. The van der Waals surface area contributed by atoms with Gasteiger partial charge in [-0.2, -0.15) is 0 Å². The predicted molar refractivity (Wildman–Crippen MR) is 81.0 cm³/mol. The molecule has 2 N–H and O–H groups in total. The zero-order valence-electron chi connectivity index (χ0n) is 12.6. The molecule has 3 heteroatoms. The van der Waals surface area contributed by atoms with E-state index in [0.29, 0.717) is 18.7 Å². The van der Waals surface area contributed by atoms with Crippen LogP contribution < -0.4 is 10.5 Å². The molecule has 1 aromatic rings. The average Bonchev–Trinajstić information content (AvgIpc) is 2.95. The standard InChI is InChI=1S/C17H25NO2/c1-3-17(4-2,12-18)16(19)8-6-13-5-7-15-14(11-13)9-10-20-15/h5,7,11H,3-4,6,8-10,12,18H2,1-2H3. The summed E-state index contributed by atoms with van der Waals surface area (Å²) >= 11 is 0. The molecular formula is C17H25NO2. The summed E-state index contributed by atoms with van der Waals surface area (Å²) in [6.07, 6.45) is 4.02. The summed E-state index contributed by atoms with van der Waals surface area (Å²) in [7, 11) is 0.